The topological polar surface area (TPSA) is 55.1 Å². The van der Waals surface area contributed by atoms with Gasteiger partial charge in [0.2, 0.25) is 5.91 Å². The fourth-order valence-electron chi connectivity index (χ4n) is 1.28. The zero-order valence-corrected chi connectivity index (χ0v) is 9.01. The summed E-state index contributed by atoms with van der Waals surface area (Å²) in [6.07, 6.45) is 0. The molecule has 5 heteroatoms. The molecule has 0 fully saturated rings. The highest BCUT2D eigenvalue weighted by Crippen LogP contribution is 2.25. The molecule has 15 heavy (non-hydrogen) atoms. The van der Waals surface area contributed by atoms with Crippen molar-refractivity contribution in [3.8, 4) is 0 Å². The van der Waals surface area contributed by atoms with Crippen LogP contribution in [0.5, 0.6) is 0 Å². The Labute approximate surface area is 92.4 Å². The van der Waals surface area contributed by atoms with Crippen molar-refractivity contribution in [3.05, 3.63) is 34.6 Å². The van der Waals surface area contributed by atoms with E-state index in [4.69, 9.17) is 17.3 Å². The van der Waals surface area contributed by atoms with E-state index in [9.17, 15) is 9.18 Å². The Bertz CT molecular complexity index is 350. The maximum Gasteiger partial charge on any atom is 0.231 e. The van der Waals surface area contributed by atoms with E-state index in [1.165, 1.54) is 12.1 Å². The smallest absolute Gasteiger partial charge is 0.231 e. The normalized spacial score (nSPS) is 12.5. The Kier molecular flexibility index (Phi) is 4.05. The van der Waals surface area contributed by atoms with Crippen molar-refractivity contribution >= 4 is 17.5 Å². The Morgan fingerprint density at radius 3 is 2.87 bits per heavy atom. The fourth-order valence-corrected chi connectivity index (χ4v) is 1.61. The van der Waals surface area contributed by atoms with Gasteiger partial charge in [0.25, 0.3) is 0 Å². The van der Waals surface area contributed by atoms with Gasteiger partial charge in [-0.25, -0.2) is 4.39 Å². The summed E-state index contributed by atoms with van der Waals surface area (Å²) in [4.78, 5) is 10.5. The molecule has 3 N–H and O–H groups in total. The second kappa shape index (κ2) is 5.09. The third-order valence-corrected chi connectivity index (χ3v) is 2.34. The van der Waals surface area contributed by atoms with Crippen molar-refractivity contribution in [2.24, 2.45) is 5.73 Å². The quantitative estimate of drug-likeness (QED) is 0.826. The van der Waals surface area contributed by atoms with E-state index in [0.717, 1.165) is 0 Å². The van der Waals surface area contributed by atoms with Crippen molar-refractivity contribution < 1.29 is 9.18 Å². The number of carbonyl (C=O) groups excluding carboxylic acids is 1. The Balaban J connectivity index is 2.81. The number of benzene rings is 1. The van der Waals surface area contributed by atoms with Crippen LogP contribution in [0.25, 0.3) is 0 Å². The van der Waals surface area contributed by atoms with E-state index < -0.39 is 11.7 Å². The summed E-state index contributed by atoms with van der Waals surface area (Å²) < 4.78 is 13.4. The number of carbonyl (C=O) groups is 1. The number of amides is 1. The molecule has 0 aliphatic heterocycles. The van der Waals surface area contributed by atoms with Crippen LogP contribution in [-0.2, 0) is 4.79 Å². The molecular formula is C10H12ClFN2O. The first-order valence-corrected chi connectivity index (χ1v) is 4.85. The first-order chi connectivity index (χ1) is 7.02. The van der Waals surface area contributed by atoms with Crippen LogP contribution < -0.4 is 11.1 Å². The molecule has 1 aromatic rings. The zero-order chi connectivity index (χ0) is 11.4. The SMILES string of the molecule is C[C@@H](NCC(N)=O)c1c(F)cccc1Cl. The van der Waals surface area contributed by atoms with Gasteiger partial charge in [-0.1, -0.05) is 17.7 Å². The molecule has 0 heterocycles. The molecule has 3 nitrogen and oxygen atoms in total. The number of nitrogens with two attached hydrogens (primary N) is 1. The monoisotopic (exact) mass is 230 g/mol. The molecule has 0 unspecified atom stereocenters. The molecule has 1 amide bonds. The summed E-state index contributed by atoms with van der Waals surface area (Å²) in [5.74, 6) is -0.888. The molecular weight excluding hydrogens is 219 g/mol. The van der Waals surface area contributed by atoms with E-state index >= 15 is 0 Å². The number of rotatable bonds is 4. The molecule has 1 rings (SSSR count). The molecule has 0 bridgehead atoms. The minimum absolute atomic E-state index is 0.00811. The molecule has 1 atom stereocenters. The molecule has 0 aliphatic carbocycles. The van der Waals surface area contributed by atoms with E-state index in [1.54, 1.807) is 13.0 Å². The number of halogens is 2. The van der Waals surface area contributed by atoms with Crippen LogP contribution >= 0.6 is 11.6 Å². The lowest BCUT2D eigenvalue weighted by molar-refractivity contribution is -0.117. The highest BCUT2D eigenvalue weighted by Gasteiger charge is 2.14. The summed E-state index contributed by atoms with van der Waals surface area (Å²) in [5, 5.41) is 3.11. The van der Waals surface area contributed by atoms with Crippen molar-refractivity contribution in [3.63, 3.8) is 0 Å². The Hall–Kier alpha value is -1.13. The number of primary amides is 1. The predicted octanol–water partition coefficient (Wildman–Crippen LogP) is 1.61. The van der Waals surface area contributed by atoms with Crippen LogP contribution in [-0.4, -0.2) is 12.5 Å². The molecule has 82 valence electrons. The maximum atomic E-state index is 13.4. The van der Waals surface area contributed by atoms with Gasteiger partial charge in [-0.3, -0.25) is 4.79 Å². The largest absolute Gasteiger partial charge is 0.369 e. The van der Waals surface area contributed by atoms with Gasteiger partial charge in [-0.15, -0.1) is 0 Å². The highest BCUT2D eigenvalue weighted by molar-refractivity contribution is 6.31. The summed E-state index contributed by atoms with van der Waals surface area (Å²) in [7, 11) is 0. The Morgan fingerprint density at radius 2 is 2.33 bits per heavy atom. The first kappa shape index (κ1) is 11.9. The van der Waals surface area contributed by atoms with Crippen molar-refractivity contribution in [2.75, 3.05) is 6.54 Å². The second-order valence-corrected chi connectivity index (χ2v) is 3.61. The third-order valence-electron chi connectivity index (χ3n) is 2.02. The third kappa shape index (κ3) is 3.18. The number of nitrogens with one attached hydrogen (secondary N) is 1. The van der Waals surface area contributed by atoms with Gasteiger partial charge in [-0.2, -0.15) is 0 Å². The van der Waals surface area contributed by atoms with Gasteiger partial charge in [0, 0.05) is 16.6 Å². The van der Waals surface area contributed by atoms with E-state index in [-0.39, 0.29) is 12.6 Å². The average molecular weight is 231 g/mol. The van der Waals surface area contributed by atoms with E-state index in [1.807, 2.05) is 0 Å². The van der Waals surface area contributed by atoms with Crippen LogP contribution in [0.2, 0.25) is 5.02 Å². The van der Waals surface area contributed by atoms with Gasteiger partial charge in [0.15, 0.2) is 0 Å². The maximum absolute atomic E-state index is 13.4. The summed E-state index contributed by atoms with van der Waals surface area (Å²) in [6.45, 7) is 1.71. The summed E-state index contributed by atoms with van der Waals surface area (Å²) in [5.41, 5.74) is 5.31. The minimum atomic E-state index is -0.491. The van der Waals surface area contributed by atoms with Crippen LogP contribution in [0.15, 0.2) is 18.2 Å². The van der Waals surface area contributed by atoms with Crippen LogP contribution in [0.4, 0.5) is 4.39 Å². The lowest BCUT2D eigenvalue weighted by Crippen LogP contribution is -2.31. The van der Waals surface area contributed by atoms with Gasteiger partial charge in [0.05, 0.1) is 6.54 Å². The van der Waals surface area contributed by atoms with Crippen LogP contribution in [0, 0.1) is 5.82 Å². The summed E-state index contributed by atoms with van der Waals surface area (Å²) in [6, 6.07) is 4.10. The molecule has 0 spiro atoms. The first-order valence-electron chi connectivity index (χ1n) is 4.48. The van der Waals surface area contributed by atoms with Gasteiger partial charge in [0.1, 0.15) is 5.82 Å². The fraction of sp³-hybridized carbons (Fsp3) is 0.300. The second-order valence-electron chi connectivity index (χ2n) is 3.20. The molecule has 0 aromatic heterocycles. The molecule has 1 aromatic carbocycles. The zero-order valence-electron chi connectivity index (χ0n) is 8.26. The van der Waals surface area contributed by atoms with E-state index in [0.29, 0.717) is 10.6 Å². The predicted molar refractivity (Wildman–Crippen MR) is 57.0 cm³/mol. The van der Waals surface area contributed by atoms with Crippen LogP contribution in [0.1, 0.15) is 18.5 Å². The molecule has 0 saturated carbocycles. The van der Waals surface area contributed by atoms with Gasteiger partial charge < -0.3 is 11.1 Å². The van der Waals surface area contributed by atoms with E-state index in [2.05, 4.69) is 5.32 Å². The Morgan fingerprint density at radius 1 is 1.67 bits per heavy atom. The van der Waals surface area contributed by atoms with Crippen molar-refractivity contribution in [1.29, 1.82) is 0 Å². The van der Waals surface area contributed by atoms with Crippen LogP contribution in [0.3, 0.4) is 0 Å². The standard InChI is InChI=1S/C10H12ClFN2O/c1-6(14-5-9(13)15)10-7(11)3-2-4-8(10)12/h2-4,6,14H,5H2,1H3,(H2,13,15)/t6-/m1/s1. The summed E-state index contributed by atoms with van der Waals surface area (Å²) >= 11 is 5.84. The molecule has 0 aliphatic rings. The number of hydrogen-bond acceptors (Lipinski definition) is 2. The molecule has 0 saturated heterocycles. The van der Waals surface area contributed by atoms with Crippen molar-refractivity contribution in [2.45, 2.75) is 13.0 Å². The lowest BCUT2D eigenvalue weighted by Gasteiger charge is -2.15. The number of hydrogen-bond donors (Lipinski definition) is 2. The molecule has 0 radical (unpaired) electrons. The highest BCUT2D eigenvalue weighted by atomic mass is 35.5. The van der Waals surface area contributed by atoms with Crippen molar-refractivity contribution in [1.82, 2.24) is 5.32 Å². The van der Waals surface area contributed by atoms with Gasteiger partial charge in [-0.05, 0) is 19.1 Å². The minimum Gasteiger partial charge on any atom is -0.369 e. The lowest BCUT2D eigenvalue weighted by atomic mass is 10.1. The average Bonchev–Trinajstić information content (AvgIpc) is 2.14. The van der Waals surface area contributed by atoms with Gasteiger partial charge >= 0.3 is 0 Å².